The molecule has 0 spiro atoms. The third-order valence-corrected chi connectivity index (χ3v) is 7.18. The summed E-state index contributed by atoms with van der Waals surface area (Å²) in [6, 6.07) is 8.24. The number of hydrogen-bond acceptors (Lipinski definition) is 6. The number of hydrogen-bond donors (Lipinski definition) is 0. The Morgan fingerprint density at radius 1 is 1.19 bits per heavy atom. The Labute approximate surface area is 184 Å². The largest absolute Gasteiger partial charge is 0.497 e. The Kier molecular flexibility index (Phi) is 6.85. The number of halogens is 3. The highest BCUT2D eigenvalue weighted by Gasteiger charge is 2.38. The fourth-order valence-corrected chi connectivity index (χ4v) is 5.42. The molecular weight excluding hydrogens is 447 g/mol. The minimum absolute atomic E-state index is 0.0787. The molecule has 1 fully saturated rings. The number of sulfonamides is 1. The van der Waals surface area contributed by atoms with E-state index in [1.807, 2.05) is 6.19 Å². The van der Waals surface area contributed by atoms with Crippen molar-refractivity contribution in [2.24, 2.45) is 0 Å². The van der Waals surface area contributed by atoms with Crippen LogP contribution in [0.25, 0.3) is 0 Å². The van der Waals surface area contributed by atoms with Crippen molar-refractivity contribution in [3.8, 4) is 17.7 Å². The monoisotopic (exact) mass is 469 g/mol. The Hall–Kier alpha value is -2.97. The van der Waals surface area contributed by atoms with Gasteiger partial charge < -0.3 is 14.4 Å². The predicted molar refractivity (Wildman–Crippen MR) is 109 cm³/mol. The van der Waals surface area contributed by atoms with Gasteiger partial charge in [-0.3, -0.25) is 0 Å². The first-order chi connectivity index (χ1) is 15.1. The topological polar surface area (TPSA) is 82.9 Å². The third kappa shape index (κ3) is 4.92. The lowest BCUT2D eigenvalue weighted by Gasteiger charge is -2.29. The first-order valence-electron chi connectivity index (χ1n) is 9.65. The lowest BCUT2D eigenvalue weighted by atomic mass is 10.1. The van der Waals surface area contributed by atoms with Gasteiger partial charge in [-0.05, 0) is 30.2 Å². The highest BCUT2D eigenvalue weighted by Crippen LogP contribution is 2.35. The Bertz CT molecular complexity index is 1120. The zero-order chi connectivity index (χ0) is 23.5. The van der Waals surface area contributed by atoms with Crippen molar-refractivity contribution in [2.45, 2.75) is 30.1 Å². The van der Waals surface area contributed by atoms with Gasteiger partial charge in [0, 0.05) is 31.7 Å². The van der Waals surface area contributed by atoms with Crippen LogP contribution in [0.5, 0.6) is 11.5 Å². The van der Waals surface area contributed by atoms with Crippen LogP contribution in [0, 0.1) is 11.5 Å². The molecule has 3 rings (SSSR count). The second-order valence-corrected chi connectivity index (χ2v) is 9.11. The number of ether oxygens (including phenoxy) is 2. The molecular formula is C21H22F3N3O4S. The van der Waals surface area contributed by atoms with Crippen LogP contribution in [0.3, 0.4) is 0 Å². The molecule has 0 saturated carbocycles. The molecule has 0 aliphatic carbocycles. The van der Waals surface area contributed by atoms with Crippen LogP contribution in [-0.2, 0) is 22.7 Å². The molecule has 0 unspecified atom stereocenters. The first-order valence-corrected chi connectivity index (χ1v) is 11.1. The molecule has 0 bridgehead atoms. The predicted octanol–water partition coefficient (Wildman–Crippen LogP) is 3.47. The SMILES string of the molecule is COc1ccc(OC)c(S(=O)(=O)N(Cc2cccc(C(F)(F)F)c2)[C@@H]2CCN(C#N)C2)c1. The molecule has 11 heteroatoms. The zero-order valence-corrected chi connectivity index (χ0v) is 18.3. The average Bonchev–Trinajstić information content (AvgIpc) is 3.25. The smallest absolute Gasteiger partial charge is 0.416 e. The zero-order valence-electron chi connectivity index (χ0n) is 17.5. The molecule has 1 atom stereocenters. The Morgan fingerprint density at radius 2 is 1.94 bits per heavy atom. The molecule has 32 heavy (non-hydrogen) atoms. The van der Waals surface area contributed by atoms with Gasteiger partial charge >= 0.3 is 6.18 Å². The maximum Gasteiger partial charge on any atom is 0.416 e. The van der Waals surface area contributed by atoms with Gasteiger partial charge in [0.25, 0.3) is 0 Å². The van der Waals surface area contributed by atoms with Crippen LogP contribution in [0.1, 0.15) is 17.5 Å². The number of methoxy groups -OCH3 is 2. The first kappa shape index (κ1) is 23.7. The van der Waals surface area contributed by atoms with E-state index in [4.69, 9.17) is 9.47 Å². The van der Waals surface area contributed by atoms with Crippen LogP contribution in [0.2, 0.25) is 0 Å². The lowest BCUT2D eigenvalue weighted by molar-refractivity contribution is -0.137. The van der Waals surface area contributed by atoms with Gasteiger partial charge in [0.1, 0.15) is 16.4 Å². The van der Waals surface area contributed by atoms with Crippen molar-refractivity contribution in [3.05, 3.63) is 53.6 Å². The van der Waals surface area contributed by atoms with Crippen LogP contribution in [-0.4, -0.2) is 51.0 Å². The summed E-state index contributed by atoms with van der Waals surface area (Å²) in [6.07, 6.45) is -2.20. The number of benzene rings is 2. The summed E-state index contributed by atoms with van der Waals surface area (Å²) >= 11 is 0. The number of likely N-dealkylation sites (tertiary alicyclic amines) is 1. The van der Waals surface area contributed by atoms with Gasteiger partial charge in [0.2, 0.25) is 10.0 Å². The molecule has 0 aromatic heterocycles. The quantitative estimate of drug-likeness (QED) is 0.578. The van der Waals surface area contributed by atoms with E-state index in [0.29, 0.717) is 13.0 Å². The highest BCUT2D eigenvalue weighted by molar-refractivity contribution is 7.89. The summed E-state index contributed by atoms with van der Waals surface area (Å²) in [5, 5.41) is 9.20. The van der Waals surface area contributed by atoms with E-state index in [1.165, 1.54) is 43.4 Å². The van der Waals surface area contributed by atoms with Crippen molar-refractivity contribution in [1.82, 2.24) is 9.21 Å². The normalized spacial score (nSPS) is 16.8. The van der Waals surface area contributed by atoms with Crippen LogP contribution in [0.15, 0.2) is 47.4 Å². The molecule has 0 amide bonds. The second kappa shape index (κ2) is 9.26. The van der Waals surface area contributed by atoms with Crippen LogP contribution < -0.4 is 9.47 Å². The molecule has 1 heterocycles. The summed E-state index contributed by atoms with van der Waals surface area (Å²) < 4.78 is 78.5. The lowest BCUT2D eigenvalue weighted by Crippen LogP contribution is -2.41. The molecule has 2 aromatic rings. The van der Waals surface area contributed by atoms with Crippen molar-refractivity contribution in [2.75, 3.05) is 27.3 Å². The van der Waals surface area contributed by atoms with Crippen molar-refractivity contribution < 1.29 is 31.1 Å². The standard InChI is InChI=1S/C21H22F3N3O4S/c1-30-18-6-7-19(31-2)20(11-18)32(28,29)27(17-8-9-26(13-17)14-25)12-15-4-3-5-16(10-15)21(22,23)24/h3-7,10-11,17H,8-9,12-13H2,1-2H3/t17-/m1/s1. The number of nitriles is 1. The van der Waals surface area contributed by atoms with E-state index in [1.54, 1.807) is 6.07 Å². The molecule has 172 valence electrons. The van der Waals surface area contributed by atoms with E-state index < -0.39 is 27.8 Å². The minimum Gasteiger partial charge on any atom is -0.497 e. The minimum atomic E-state index is -4.55. The summed E-state index contributed by atoms with van der Waals surface area (Å²) in [5.74, 6) is 0.364. The van der Waals surface area contributed by atoms with E-state index in [-0.39, 0.29) is 35.0 Å². The van der Waals surface area contributed by atoms with E-state index >= 15 is 0 Å². The van der Waals surface area contributed by atoms with Crippen molar-refractivity contribution in [1.29, 1.82) is 5.26 Å². The second-order valence-electron chi connectivity index (χ2n) is 7.25. The maximum atomic E-state index is 13.7. The average molecular weight is 469 g/mol. The molecule has 1 aliphatic rings. The van der Waals surface area contributed by atoms with Gasteiger partial charge in [0.15, 0.2) is 6.19 Å². The van der Waals surface area contributed by atoms with Gasteiger partial charge in [0.05, 0.1) is 19.8 Å². The molecule has 0 radical (unpaired) electrons. The summed E-state index contributed by atoms with van der Waals surface area (Å²) in [6.45, 7) is 0.197. The number of nitrogens with zero attached hydrogens (tertiary/aromatic N) is 3. The molecule has 1 saturated heterocycles. The van der Waals surface area contributed by atoms with Crippen LogP contribution in [0.4, 0.5) is 13.2 Å². The highest BCUT2D eigenvalue weighted by atomic mass is 32.2. The summed E-state index contributed by atoms with van der Waals surface area (Å²) in [4.78, 5) is 1.25. The Morgan fingerprint density at radius 3 is 2.53 bits per heavy atom. The van der Waals surface area contributed by atoms with Crippen LogP contribution >= 0.6 is 0 Å². The van der Waals surface area contributed by atoms with Gasteiger partial charge in [-0.1, -0.05) is 18.2 Å². The van der Waals surface area contributed by atoms with Gasteiger partial charge in [-0.2, -0.15) is 22.7 Å². The molecule has 0 N–H and O–H groups in total. The summed E-state index contributed by atoms with van der Waals surface area (Å²) in [7, 11) is -1.51. The van der Waals surface area contributed by atoms with Gasteiger partial charge in [-0.25, -0.2) is 8.42 Å². The number of alkyl halides is 3. The Balaban J connectivity index is 2.07. The van der Waals surface area contributed by atoms with Crippen molar-refractivity contribution >= 4 is 10.0 Å². The summed E-state index contributed by atoms with van der Waals surface area (Å²) in [5.41, 5.74) is -0.683. The molecule has 7 nitrogen and oxygen atoms in total. The molecule has 1 aliphatic heterocycles. The fourth-order valence-electron chi connectivity index (χ4n) is 3.62. The number of rotatable bonds is 7. The molecule has 2 aromatic carbocycles. The van der Waals surface area contributed by atoms with Crippen molar-refractivity contribution in [3.63, 3.8) is 0 Å². The van der Waals surface area contributed by atoms with E-state index in [0.717, 1.165) is 16.4 Å². The maximum absolute atomic E-state index is 13.7. The van der Waals surface area contributed by atoms with E-state index in [2.05, 4.69) is 0 Å². The fraction of sp³-hybridized carbons (Fsp3) is 0.381. The third-order valence-electron chi connectivity index (χ3n) is 5.26. The van der Waals surface area contributed by atoms with Gasteiger partial charge in [-0.15, -0.1) is 0 Å². The van der Waals surface area contributed by atoms with E-state index in [9.17, 15) is 26.9 Å².